The summed E-state index contributed by atoms with van der Waals surface area (Å²) in [6.07, 6.45) is 4.16. The van der Waals surface area contributed by atoms with E-state index in [1.54, 1.807) is 41.3 Å². The van der Waals surface area contributed by atoms with Gasteiger partial charge in [-0.15, -0.1) is 0 Å². The molecule has 3 aromatic carbocycles. The van der Waals surface area contributed by atoms with Crippen LogP contribution >= 0.6 is 0 Å². The average Bonchev–Trinajstić information content (AvgIpc) is 3.70. The van der Waals surface area contributed by atoms with Gasteiger partial charge in [0.05, 0.1) is 12.8 Å². The highest BCUT2D eigenvalue weighted by atomic mass is 19.1. The van der Waals surface area contributed by atoms with Gasteiger partial charge in [0.25, 0.3) is 11.8 Å². The highest BCUT2D eigenvalue weighted by Gasteiger charge is 2.37. The van der Waals surface area contributed by atoms with Crippen molar-refractivity contribution in [3.8, 4) is 5.75 Å². The molecule has 5 rings (SSSR count). The Morgan fingerprint density at radius 3 is 2.57 bits per heavy atom. The maximum absolute atomic E-state index is 14.2. The van der Waals surface area contributed by atoms with Crippen LogP contribution in [0.15, 0.2) is 60.7 Å². The van der Waals surface area contributed by atoms with Crippen LogP contribution in [0.1, 0.15) is 63.4 Å². The molecule has 5 nitrogen and oxygen atoms in total. The lowest BCUT2D eigenvalue weighted by Gasteiger charge is -2.25. The zero-order valence-electron chi connectivity index (χ0n) is 20.0. The molecule has 0 bridgehead atoms. The van der Waals surface area contributed by atoms with Crippen LogP contribution in [-0.4, -0.2) is 25.5 Å². The first-order valence-electron chi connectivity index (χ1n) is 12.1. The highest BCUT2D eigenvalue weighted by molar-refractivity contribution is 6.09. The molecule has 6 heteroatoms. The molecule has 0 aromatic heterocycles. The molecule has 3 aromatic rings. The summed E-state index contributed by atoms with van der Waals surface area (Å²) in [7, 11) is 1.51. The first kappa shape index (κ1) is 23.1. The molecule has 1 saturated carbocycles. The molecule has 180 valence electrons. The molecule has 1 aliphatic carbocycles. The van der Waals surface area contributed by atoms with Crippen LogP contribution < -0.4 is 15.0 Å². The second-order valence-corrected chi connectivity index (χ2v) is 9.43. The summed E-state index contributed by atoms with van der Waals surface area (Å²) in [5, 5.41) is 2.89. The summed E-state index contributed by atoms with van der Waals surface area (Å²) in [5.41, 5.74) is 4.12. The maximum atomic E-state index is 14.2. The SMILES string of the molecule is COc1cc(C(=O)N2CCCC(C3CC3)c3cc(F)ccc32)ccc1NC(=O)c1ccccc1C. The number of nitrogens with zero attached hydrogens (tertiary/aromatic N) is 1. The molecule has 1 N–H and O–H groups in total. The molecule has 1 aliphatic heterocycles. The number of benzene rings is 3. The number of anilines is 2. The molecule has 1 fully saturated rings. The Morgan fingerprint density at radius 1 is 1.03 bits per heavy atom. The third kappa shape index (κ3) is 4.65. The van der Waals surface area contributed by atoms with Crippen molar-refractivity contribution in [2.24, 2.45) is 5.92 Å². The second-order valence-electron chi connectivity index (χ2n) is 9.43. The summed E-state index contributed by atoms with van der Waals surface area (Å²) in [6.45, 7) is 2.46. The van der Waals surface area contributed by atoms with E-state index in [0.29, 0.717) is 40.9 Å². The molecule has 0 spiro atoms. The molecular weight excluding hydrogens is 443 g/mol. The van der Waals surface area contributed by atoms with E-state index in [-0.39, 0.29) is 17.6 Å². The minimum Gasteiger partial charge on any atom is -0.495 e. The number of methoxy groups -OCH3 is 1. The number of amides is 2. The minimum absolute atomic E-state index is 0.163. The van der Waals surface area contributed by atoms with E-state index in [1.807, 2.05) is 25.1 Å². The van der Waals surface area contributed by atoms with Gasteiger partial charge in [0.15, 0.2) is 0 Å². The summed E-state index contributed by atoms with van der Waals surface area (Å²) < 4.78 is 19.7. The molecule has 0 saturated heterocycles. The van der Waals surface area contributed by atoms with Crippen molar-refractivity contribution in [2.45, 2.75) is 38.5 Å². The van der Waals surface area contributed by atoms with E-state index in [1.165, 1.54) is 26.0 Å². The zero-order chi connectivity index (χ0) is 24.5. The quantitative estimate of drug-likeness (QED) is 0.472. The number of ether oxygens (including phenoxy) is 1. The largest absolute Gasteiger partial charge is 0.495 e. The third-order valence-corrected chi connectivity index (χ3v) is 7.10. The van der Waals surface area contributed by atoms with Gasteiger partial charge in [-0.25, -0.2) is 4.39 Å². The Balaban J connectivity index is 1.43. The van der Waals surface area contributed by atoms with Gasteiger partial charge < -0.3 is 15.0 Å². The lowest BCUT2D eigenvalue weighted by atomic mass is 9.89. The van der Waals surface area contributed by atoms with Crippen LogP contribution in [0.4, 0.5) is 15.8 Å². The fourth-order valence-corrected chi connectivity index (χ4v) is 5.11. The predicted molar refractivity (Wildman–Crippen MR) is 135 cm³/mol. The lowest BCUT2D eigenvalue weighted by molar-refractivity contribution is 0.0985. The highest BCUT2D eigenvalue weighted by Crippen LogP contribution is 2.49. The molecule has 1 heterocycles. The van der Waals surface area contributed by atoms with Gasteiger partial charge in [-0.2, -0.15) is 0 Å². The molecule has 1 unspecified atom stereocenters. The van der Waals surface area contributed by atoms with Crippen LogP contribution in [0.5, 0.6) is 5.75 Å². The fourth-order valence-electron chi connectivity index (χ4n) is 5.11. The van der Waals surface area contributed by atoms with E-state index in [0.717, 1.165) is 29.7 Å². The van der Waals surface area contributed by atoms with Gasteiger partial charge in [-0.05, 0) is 98.0 Å². The van der Waals surface area contributed by atoms with E-state index >= 15 is 0 Å². The molecule has 1 atom stereocenters. The van der Waals surface area contributed by atoms with Crippen molar-refractivity contribution in [1.82, 2.24) is 0 Å². The smallest absolute Gasteiger partial charge is 0.258 e. The Kier molecular flexibility index (Phi) is 6.29. The third-order valence-electron chi connectivity index (χ3n) is 7.10. The predicted octanol–water partition coefficient (Wildman–Crippen LogP) is 6.33. The first-order chi connectivity index (χ1) is 17.0. The number of halogens is 1. The average molecular weight is 473 g/mol. The Bertz CT molecular complexity index is 1280. The number of nitrogens with one attached hydrogen (secondary N) is 1. The zero-order valence-corrected chi connectivity index (χ0v) is 20.0. The summed E-state index contributed by atoms with van der Waals surface area (Å²) in [5.74, 6) is 0.621. The van der Waals surface area contributed by atoms with Gasteiger partial charge in [0.1, 0.15) is 11.6 Å². The molecule has 2 amide bonds. The van der Waals surface area contributed by atoms with Crippen molar-refractivity contribution in [1.29, 1.82) is 0 Å². The number of rotatable bonds is 5. The number of carbonyl (C=O) groups excluding carboxylic acids is 2. The Morgan fingerprint density at radius 2 is 1.83 bits per heavy atom. The van der Waals surface area contributed by atoms with Gasteiger partial charge in [0, 0.05) is 23.4 Å². The van der Waals surface area contributed by atoms with E-state index in [4.69, 9.17) is 4.74 Å². The number of hydrogen-bond acceptors (Lipinski definition) is 3. The summed E-state index contributed by atoms with van der Waals surface area (Å²) in [6, 6.07) is 17.2. The van der Waals surface area contributed by atoms with Gasteiger partial charge in [0.2, 0.25) is 0 Å². The Hall–Kier alpha value is -3.67. The standard InChI is InChI=1S/C29H29FN2O3/c1-18-6-3-4-7-22(18)28(33)31-25-13-11-20(16-27(25)35-2)29(34)32-15-5-8-23(19-9-10-19)24-17-21(30)12-14-26(24)32/h3-4,6-7,11-14,16-17,19,23H,5,8-10,15H2,1-2H3,(H,31,33). The maximum Gasteiger partial charge on any atom is 0.258 e. The van der Waals surface area contributed by atoms with Crippen LogP contribution in [0.3, 0.4) is 0 Å². The first-order valence-corrected chi connectivity index (χ1v) is 12.1. The van der Waals surface area contributed by atoms with Crippen LogP contribution in [0.25, 0.3) is 0 Å². The second kappa shape index (κ2) is 9.53. The number of hydrogen-bond donors (Lipinski definition) is 1. The van der Waals surface area contributed by atoms with E-state index < -0.39 is 0 Å². The Labute approximate surface area is 204 Å². The van der Waals surface area contributed by atoms with Crippen LogP contribution in [0, 0.1) is 18.7 Å². The minimum atomic E-state index is -0.265. The van der Waals surface area contributed by atoms with E-state index in [2.05, 4.69) is 5.32 Å². The van der Waals surface area contributed by atoms with Crippen LogP contribution in [0.2, 0.25) is 0 Å². The number of carbonyl (C=O) groups is 2. The van der Waals surface area contributed by atoms with Gasteiger partial charge >= 0.3 is 0 Å². The fraction of sp³-hybridized carbons (Fsp3) is 0.310. The molecular formula is C29H29FN2O3. The van der Waals surface area contributed by atoms with Crippen LogP contribution in [-0.2, 0) is 0 Å². The normalized spacial score (nSPS) is 17.3. The summed E-state index contributed by atoms with van der Waals surface area (Å²) >= 11 is 0. The number of aryl methyl sites for hydroxylation is 1. The van der Waals surface area contributed by atoms with E-state index in [9.17, 15) is 14.0 Å². The summed E-state index contributed by atoms with van der Waals surface area (Å²) in [4.78, 5) is 28.2. The van der Waals surface area contributed by atoms with Crippen molar-refractivity contribution >= 4 is 23.2 Å². The number of fused-ring (bicyclic) bond motifs is 1. The van der Waals surface area contributed by atoms with Crippen molar-refractivity contribution < 1.29 is 18.7 Å². The van der Waals surface area contributed by atoms with Gasteiger partial charge in [-0.1, -0.05) is 18.2 Å². The molecule has 2 aliphatic rings. The van der Waals surface area contributed by atoms with Crippen molar-refractivity contribution in [3.05, 3.63) is 88.7 Å². The van der Waals surface area contributed by atoms with Crippen molar-refractivity contribution in [3.63, 3.8) is 0 Å². The monoisotopic (exact) mass is 472 g/mol. The van der Waals surface area contributed by atoms with Crippen molar-refractivity contribution in [2.75, 3.05) is 23.9 Å². The lowest BCUT2D eigenvalue weighted by Crippen LogP contribution is -2.31. The molecule has 0 radical (unpaired) electrons. The van der Waals surface area contributed by atoms with Gasteiger partial charge in [-0.3, -0.25) is 9.59 Å². The topological polar surface area (TPSA) is 58.6 Å². The molecule has 35 heavy (non-hydrogen) atoms.